The average molecular weight is 1310 g/mol. The van der Waals surface area contributed by atoms with Crippen molar-refractivity contribution in [2.75, 3.05) is 25.1 Å². The first kappa shape index (κ1) is 73.3. The lowest BCUT2D eigenvalue weighted by molar-refractivity contribution is -0.150. The number of anilines is 1. The van der Waals surface area contributed by atoms with Gasteiger partial charge in [0.2, 0.25) is 23.6 Å². The number of carbonyl (C=O) groups is 9. The zero-order chi connectivity index (χ0) is 68.7. The Kier molecular flexibility index (Phi) is 25.5. The lowest BCUT2D eigenvalue weighted by Gasteiger charge is -2.56. The minimum absolute atomic E-state index is 0.00526. The highest BCUT2D eigenvalue weighted by atomic mass is 16.5. The molecule has 2 saturated carbocycles. The molecular weight excluding hydrogens is 1210 g/mol. The molecular formula is C75H103N7O13. The number of phenols is 1. The normalized spacial score (nSPS) is 24.8. The third-order valence-electron chi connectivity index (χ3n) is 21.8. The Bertz CT molecular complexity index is 3340. The van der Waals surface area contributed by atoms with Crippen LogP contribution in [0.1, 0.15) is 210 Å². The Morgan fingerprint density at radius 2 is 1.34 bits per heavy atom. The second-order valence-electron chi connectivity index (χ2n) is 29.0. The highest BCUT2D eigenvalue weighted by Crippen LogP contribution is 2.60. The summed E-state index contributed by atoms with van der Waals surface area (Å²) < 4.78 is 11.2. The average Bonchev–Trinajstić information content (AvgIpc) is 0.729. The second-order valence-corrected chi connectivity index (χ2v) is 29.0. The maximum Gasteiger partial charge on any atom is 0.408 e. The maximum atomic E-state index is 14.8. The van der Waals surface area contributed by atoms with E-state index >= 15 is 0 Å². The fourth-order valence-corrected chi connectivity index (χ4v) is 16.3. The number of hydrogen-bond donors (Lipinski definition) is 9. The largest absolute Gasteiger partial charge is 0.508 e. The van der Waals surface area contributed by atoms with Crippen molar-refractivity contribution in [2.24, 2.45) is 46.0 Å². The lowest BCUT2D eigenvalue weighted by Crippen LogP contribution is -2.60. The number of benzene rings is 3. The van der Waals surface area contributed by atoms with Gasteiger partial charge in [-0.25, -0.2) is 9.59 Å². The van der Waals surface area contributed by atoms with Gasteiger partial charge in [-0.2, -0.15) is 0 Å². The van der Waals surface area contributed by atoms with E-state index in [4.69, 9.17) is 20.9 Å². The monoisotopic (exact) mass is 1310 g/mol. The van der Waals surface area contributed by atoms with Crippen molar-refractivity contribution >= 4 is 58.8 Å². The summed E-state index contributed by atoms with van der Waals surface area (Å²) in [6.45, 7) is 11.3. The van der Waals surface area contributed by atoms with Gasteiger partial charge in [-0.3, -0.25) is 38.9 Å². The van der Waals surface area contributed by atoms with Crippen LogP contribution in [-0.2, 0) is 79.7 Å². The summed E-state index contributed by atoms with van der Waals surface area (Å²) in [5.74, 6) is 2.92. The van der Waals surface area contributed by atoms with E-state index in [9.17, 15) is 53.4 Å². The van der Waals surface area contributed by atoms with E-state index in [2.05, 4.69) is 52.3 Å². The standard InChI is InChI=1S/C75H103N7O13/c1-47(2)65(81-67(89)59(76)22-14-10-11-19-55(85)46-94-56-20-12-8-7-9-13-21-56)62(87)42-52(18-15-39-78-70(77)92)66(88)79-53-30-24-48(25-31-53)45-95-71(93)80-60(44-83)61(86)41-49-23-26-50-28-33-63-72(3,57(50)40-49)35-16-37-74(63,5)68(90)82-69(91)75(6)38-17-36-73(4)58-43-54(84)32-27-51(58)29-34-64(73)75/h23-27,30-32,40,43,47,52,56,59-60,63-65,83-84H,7-12,14-20,22,28-29,33-39,41-42,44-46,76H2,1-6H3,(H,79,88)(H,80,93)(H,81,89)(H3,77,78,92)(H,82,90,91)/t52-,56?,59-,60+,63-,64-,65+,72-,73-,74+,75+/m1/s1. The third-order valence-corrected chi connectivity index (χ3v) is 21.8. The summed E-state index contributed by atoms with van der Waals surface area (Å²) in [5, 5.41) is 34.6. The van der Waals surface area contributed by atoms with Gasteiger partial charge in [0.05, 0.1) is 29.5 Å². The predicted octanol–water partition coefficient (Wildman–Crippen LogP) is 9.46. The van der Waals surface area contributed by atoms with Crippen LogP contribution >= 0.6 is 0 Å². The number of imide groups is 1. The van der Waals surface area contributed by atoms with Crippen LogP contribution in [0, 0.1) is 46.3 Å². The molecule has 7 amide bonds. The summed E-state index contributed by atoms with van der Waals surface area (Å²) in [4.78, 5) is 122. The maximum absolute atomic E-state index is 14.8. The molecule has 516 valence electrons. The number of urea groups is 1. The predicted molar refractivity (Wildman–Crippen MR) is 361 cm³/mol. The number of aromatic hydroxyl groups is 1. The number of ketones is 3. The van der Waals surface area contributed by atoms with Crippen LogP contribution in [-0.4, -0.2) is 107 Å². The van der Waals surface area contributed by atoms with E-state index in [1.807, 2.05) is 44.2 Å². The molecule has 3 aromatic carbocycles. The van der Waals surface area contributed by atoms with Gasteiger partial charge in [0.1, 0.15) is 31.1 Å². The molecule has 95 heavy (non-hydrogen) atoms. The summed E-state index contributed by atoms with van der Waals surface area (Å²) in [7, 11) is 0. The zero-order valence-corrected chi connectivity index (χ0v) is 56.7. The molecule has 0 heterocycles. The van der Waals surface area contributed by atoms with Gasteiger partial charge in [-0.1, -0.05) is 116 Å². The fourth-order valence-electron chi connectivity index (χ4n) is 16.3. The summed E-state index contributed by atoms with van der Waals surface area (Å²) in [6.07, 6.45) is 14.3. The summed E-state index contributed by atoms with van der Waals surface area (Å²) in [6, 6.07) is 14.2. The van der Waals surface area contributed by atoms with Crippen molar-refractivity contribution < 1.29 is 62.8 Å². The van der Waals surface area contributed by atoms with Gasteiger partial charge in [0.25, 0.3) is 0 Å². The molecule has 11 atom stereocenters. The summed E-state index contributed by atoms with van der Waals surface area (Å²) >= 11 is 0. The molecule has 5 aliphatic rings. The number of fused-ring (bicyclic) bond motifs is 6. The lowest BCUT2D eigenvalue weighted by atomic mass is 9.49. The highest BCUT2D eigenvalue weighted by molar-refractivity contribution is 6.01. The first-order chi connectivity index (χ1) is 45.3. The summed E-state index contributed by atoms with van der Waals surface area (Å²) in [5.41, 5.74) is 15.3. The smallest absolute Gasteiger partial charge is 0.408 e. The molecule has 20 nitrogen and oxygen atoms in total. The molecule has 0 spiro atoms. The minimum Gasteiger partial charge on any atom is -0.508 e. The topological polar surface area (TPSA) is 325 Å². The second kappa shape index (κ2) is 33.0. The molecule has 2 fully saturated rings. The number of unbranched alkanes of at least 4 members (excludes halogenated alkanes) is 2. The van der Waals surface area contributed by atoms with Crippen LogP contribution in [0.15, 0.2) is 60.7 Å². The number of alkyl carbamates (subject to hydrolysis) is 1. The van der Waals surface area contributed by atoms with Gasteiger partial charge >= 0.3 is 12.1 Å². The number of rotatable bonds is 30. The molecule has 0 aliphatic heterocycles. The van der Waals surface area contributed by atoms with Crippen LogP contribution in [0.25, 0.3) is 0 Å². The number of hydrogen-bond acceptors (Lipinski definition) is 14. The van der Waals surface area contributed by atoms with Crippen LogP contribution in [0.3, 0.4) is 0 Å². The number of nitrogens with two attached hydrogens (primary N) is 2. The number of ether oxygens (including phenoxy) is 2. The third kappa shape index (κ3) is 18.4. The minimum atomic E-state index is -1.28. The SMILES string of the molecule is CC(C)[C@H](NC(=O)[C@H](N)CCCCCC(=O)COC1C#CCCCCC1)C(=O)C[C@@H](CCCNC(N)=O)C(=O)Nc1ccc(COC(=O)N[C@@H](CO)C(=O)Cc2ccc3c(c2)[C@@]2(C)CCC[C@](C)(C(=O)NC(=O)[C@@]4(C)CCC[C@]5(C)c6cc(O)ccc6CC[C@@H]45)[C@@H]2CC3)cc1. The molecule has 11 N–H and O–H groups in total. The van der Waals surface area contributed by atoms with E-state index in [0.29, 0.717) is 68.2 Å². The van der Waals surface area contributed by atoms with Gasteiger partial charge in [-0.05, 0) is 183 Å². The van der Waals surface area contributed by atoms with Crippen LogP contribution in [0.2, 0.25) is 0 Å². The number of aryl methyl sites for hydroxylation is 2. The Labute approximate surface area is 560 Å². The first-order valence-corrected chi connectivity index (χ1v) is 34.8. The number of amides is 7. The van der Waals surface area contributed by atoms with Crippen molar-refractivity contribution in [1.29, 1.82) is 0 Å². The highest BCUT2D eigenvalue weighted by Gasteiger charge is 2.58. The van der Waals surface area contributed by atoms with Gasteiger partial charge in [-0.15, -0.1) is 5.92 Å². The van der Waals surface area contributed by atoms with Crippen molar-refractivity contribution in [3.8, 4) is 17.6 Å². The van der Waals surface area contributed by atoms with Crippen LogP contribution in [0.5, 0.6) is 5.75 Å². The van der Waals surface area contributed by atoms with Crippen molar-refractivity contribution in [3.05, 3.63) is 94.0 Å². The number of Topliss-reactive ketones (excluding diaryl/α,β-unsaturated/α-hetero) is 3. The molecule has 0 aromatic heterocycles. The molecule has 0 saturated heterocycles. The number of aliphatic hydroxyl groups is 1. The van der Waals surface area contributed by atoms with Crippen molar-refractivity contribution in [2.45, 2.75) is 237 Å². The van der Waals surface area contributed by atoms with Gasteiger partial charge in [0, 0.05) is 43.8 Å². The quantitative estimate of drug-likeness (QED) is 0.0171. The molecule has 8 rings (SSSR count). The number of nitrogens with one attached hydrogen (secondary N) is 5. The molecule has 5 aliphatic carbocycles. The Balaban J connectivity index is 0.800. The van der Waals surface area contributed by atoms with Crippen molar-refractivity contribution in [1.82, 2.24) is 21.3 Å². The number of aliphatic hydroxyl groups excluding tert-OH is 1. The Morgan fingerprint density at radius 3 is 1.98 bits per heavy atom. The first-order valence-electron chi connectivity index (χ1n) is 34.8. The Morgan fingerprint density at radius 1 is 0.695 bits per heavy atom. The van der Waals surface area contributed by atoms with Crippen molar-refractivity contribution in [3.63, 3.8) is 0 Å². The molecule has 0 bridgehead atoms. The fraction of sp³-hybridized carbons (Fsp3) is 0.613. The Hall–Kier alpha value is -7.47. The number of carbonyl (C=O) groups excluding carboxylic acids is 9. The zero-order valence-electron chi connectivity index (χ0n) is 56.7. The van der Waals surface area contributed by atoms with E-state index in [1.54, 1.807) is 44.2 Å². The van der Waals surface area contributed by atoms with Crippen LogP contribution in [0.4, 0.5) is 15.3 Å². The van der Waals surface area contributed by atoms with Gasteiger partial charge in [0.15, 0.2) is 17.3 Å². The van der Waals surface area contributed by atoms with E-state index in [0.717, 1.165) is 100 Å². The molecule has 0 radical (unpaired) electrons. The number of primary amides is 1. The molecule has 3 aromatic rings. The van der Waals surface area contributed by atoms with E-state index in [-0.39, 0.29) is 97.4 Å². The number of phenolic OH excluding ortho intramolecular Hbond substituents is 1. The van der Waals surface area contributed by atoms with Crippen LogP contribution < -0.4 is 38.1 Å². The van der Waals surface area contributed by atoms with E-state index in [1.165, 1.54) is 5.56 Å². The molecule has 1 unspecified atom stereocenters. The van der Waals surface area contributed by atoms with E-state index < -0.39 is 76.6 Å². The molecule has 20 heteroatoms. The van der Waals surface area contributed by atoms with Gasteiger partial charge < -0.3 is 52.4 Å².